The molecule has 1 aromatic heterocycles. The van der Waals surface area contributed by atoms with Crippen LogP contribution < -0.4 is 5.73 Å². The van der Waals surface area contributed by atoms with E-state index in [1.165, 1.54) is 18.2 Å². The topological polar surface area (TPSA) is 74.2 Å². The van der Waals surface area contributed by atoms with E-state index in [0.717, 1.165) is 12.8 Å². The Labute approximate surface area is 115 Å². The molecule has 106 valence electrons. The van der Waals surface area contributed by atoms with Gasteiger partial charge in [0, 0.05) is 12.3 Å². The SMILES string of the molecule is CCOC(c1noc(-c2ccc(F)cc2N)n1)C1CC1. The average molecular weight is 277 g/mol. The standard InChI is InChI=1S/C14H16FN3O2/c1-2-19-12(8-3-4-8)13-17-14(20-18-13)10-6-5-9(15)7-11(10)16/h5-8,12H,2-4,16H2,1H3. The number of hydrogen-bond donors (Lipinski definition) is 1. The Morgan fingerprint density at radius 1 is 1.50 bits per heavy atom. The Balaban J connectivity index is 1.89. The molecule has 2 aromatic rings. The zero-order valence-corrected chi connectivity index (χ0v) is 11.2. The van der Waals surface area contributed by atoms with E-state index < -0.39 is 5.82 Å². The Bertz CT molecular complexity index is 610. The van der Waals surface area contributed by atoms with Crippen molar-refractivity contribution < 1.29 is 13.7 Å². The molecular formula is C14H16FN3O2. The highest BCUT2D eigenvalue weighted by atomic mass is 19.1. The molecule has 1 aromatic carbocycles. The second kappa shape index (κ2) is 5.20. The molecule has 0 aliphatic heterocycles. The summed E-state index contributed by atoms with van der Waals surface area (Å²) < 4.78 is 24.0. The number of nitrogens with zero attached hydrogens (tertiary/aromatic N) is 2. The fraction of sp³-hybridized carbons (Fsp3) is 0.429. The molecule has 1 aliphatic rings. The van der Waals surface area contributed by atoms with E-state index in [1.54, 1.807) is 0 Å². The summed E-state index contributed by atoms with van der Waals surface area (Å²) in [5.74, 6) is 0.901. The second-order valence-electron chi connectivity index (χ2n) is 4.90. The maximum atomic E-state index is 13.0. The molecule has 1 atom stereocenters. The lowest BCUT2D eigenvalue weighted by Crippen LogP contribution is -2.08. The van der Waals surface area contributed by atoms with E-state index in [0.29, 0.717) is 29.8 Å². The van der Waals surface area contributed by atoms with Crippen LogP contribution in [0.2, 0.25) is 0 Å². The van der Waals surface area contributed by atoms with Gasteiger partial charge in [0.1, 0.15) is 11.9 Å². The van der Waals surface area contributed by atoms with Gasteiger partial charge >= 0.3 is 0 Å². The Morgan fingerprint density at radius 3 is 2.95 bits per heavy atom. The van der Waals surface area contributed by atoms with Crippen molar-refractivity contribution in [3.63, 3.8) is 0 Å². The van der Waals surface area contributed by atoms with Crippen LogP contribution in [0.25, 0.3) is 11.5 Å². The van der Waals surface area contributed by atoms with Crippen molar-refractivity contribution >= 4 is 5.69 Å². The van der Waals surface area contributed by atoms with Gasteiger partial charge in [-0.3, -0.25) is 0 Å². The van der Waals surface area contributed by atoms with Crippen LogP contribution >= 0.6 is 0 Å². The third-order valence-electron chi connectivity index (χ3n) is 3.34. The minimum Gasteiger partial charge on any atom is -0.398 e. The fourth-order valence-corrected chi connectivity index (χ4v) is 2.19. The van der Waals surface area contributed by atoms with Crippen molar-refractivity contribution in [2.75, 3.05) is 12.3 Å². The number of nitrogen functional groups attached to an aromatic ring is 1. The van der Waals surface area contributed by atoms with Gasteiger partial charge in [-0.05, 0) is 43.9 Å². The summed E-state index contributed by atoms with van der Waals surface area (Å²) in [6, 6.07) is 4.09. The van der Waals surface area contributed by atoms with Crippen LogP contribution in [0.3, 0.4) is 0 Å². The van der Waals surface area contributed by atoms with E-state index in [2.05, 4.69) is 10.1 Å². The molecule has 1 unspecified atom stereocenters. The van der Waals surface area contributed by atoms with Crippen LogP contribution in [0.15, 0.2) is 22.7 Å². The summed E-state index contributed by atoms with van der Waals surface area (Å²) in [6.07, 6.45) is 2.11. The van der Waals surface area contributed by atoms with Crippen molar-refractivity contribution in [2.24, 2.45) is 5.92 Å². The monoisotopic (exact) mass is 277 g/mol. The van der Waals surface area contributed by atoms with Crippen molar-refractivity contribution in [1.29, 1.82) is 0 Å². The van der Waals surface area contributed by atoms with Crippen LogP contribution in [0, 0.1) is 11.7 Å². The molecule has 3 rings (SSSR count). The number of halogens is 1. The molecule has 6 heteroatoms. The molecule has 20 heavy (non-hydrogen) atoms. The molecular weight excluding hydrogens is 261 g/mol. The number of rotatable bonds is 5. The molecule has 0 radical (unpaired) electrons. The van der Waals surface area contributed by atoms with Crippen LogP contribution in [-0.2, 0) is 4.74 Å². The van der Waals surface area contributed by atoms with Crippen molar-refractivity contribution in [2.45, 2.75) is 25.9 Å². The first-order chi connectivity index (χ1) is 9.69. The number of anilines is 1. The highest BCUT2D eigenvalue weighted by Crippen LogP contribution is 2.42. The minimum atomic E-state index is -0.392. The third kappa shape index (κ3) is 2.51. The smallest absolute Gasteiger partial charge is 0.260 e. The van der Waals surface area contributed by atoms with Crippen molar-refractivity contribution in [1.82, 2.24) is 10.1 Å². The van der Waals surface area contributed by atoms with E-state index in [9.17, 15) is 4.39 Å². The Hall–Kier alpha value is -1.95. The average Bonchev–Trinajstić information content (AvgIpc) is 3.14. The first-order valence-corrected chi connectivity index (χ1v) is 6.69. The highest BCUT2D eigenvalue weighted by molar-refractivity contribution is 5.70. The summed E-state index contributed by atoms with van der Waals surface area (Å²) in [4.78, 5) is 4.35. The summed E-state index contributed by atoms with van der Waals surface area (Å²) in [6.45, 7) is 2.54. The van der Waals surface area contributed by atoms with Gasteiger partial charge in [0.2, 0.25) is 5.82 Å². The van der Waals surface area contributed by atoms with E-state index >= 15 is 0 Å². The van der Waals surface area contributed by atoms with Gasteiger partial charge < -0.3 is 15.0 Å². The Morgan fingerprint density at radius 2 is 2.30 bits per heavy atom. The van der Waals surface area contributed by atoms with E-state index in [4.69, 9.17) is 15.0 Å². The summed E-state index contributed by atoms with van der Waals surface area (Å²) in [5, 5.41) is 3.98. The number of benzene rings is 1. The zero-order chi connectivity index (χ0) is 14.1. The molecule has 1 heterocycles. The zero-order valence-electron chi connectivity index (χ0n) is 11.2. The van der Waals surface area contributed by atoms with Gasteiger partial charge in [0.25, 0.3) is 5.89 Å². The van der Waals surface area contributed by atoms with Crippen LogP contribution in [0.4, 0.5) is 10.1 Å². The lowest BCUT2D eigenvalue weighted by atomic mass is 10.1. The second-order valence-corrected chi connectivity index (χ2v) is 4.90. The molecule has 1 saturated carbocycles. The predicted octanol–water partition coefficient (Wildman–Crippen LogP) is 2.95. The molecule has 0 amide bonds. The van der Waals surface area contributed by atoms with Gasteiger partial charge in [-0.1, -0.05) is 5.16 Å². The number of nitrogens with two attached hydrogens (primary N) is 1. The minimum absolute atomic E-state index is 0.126. The molecule has 2 N–H and O–H groups in total. The first kappa shape index (κ1) is 13.1. The summed E-state index contributed by atoms with van der Waals surface area (Å²) >= 11 is 0. The van der Waals surface area contributed by atoms with Crippen molar-refractivity contribution in [3.05, 3.63) is 29.8 Å². The quantitative estimate of drug-likeness (QED) is 0.850. The maximum absolute atomic E-state index is 13.0. The normalized spacial score (nSPS) is 16.3. The third-order valence-corrected chi connectivity index (χ3v) is 3.34. The summed E-state index contributed by atoms with van der Waals surface area (Å²) in [7, 11) is 0. The molecule has 0 spiro atoms. The highest BCUT2D eigenvalue weighted by Gasteiger charge is 2.36. The lowest BCUT2D eigenvalue weighted by Gasteiger charge is -2.11. The largest absolute Gasteiger partial charge is 0.398 e. The maximum Gasteiger partial charge on any atom is 0.260 e. The van der Waals surface area contributed by atoms with Crippen LogP contribution in [0.1, 0.15) is 31.7 Å². The number of aromatic nitrogens is 2. The summed E-state index contributed by atoms with van der Waals surface area (Å²) in [5.41, 5.74) is 6.59. The van der Waals surface area contributed by atoms with Gasteiger partial charge in [-0.15, -0.1) is 0 Å². The van der Waals surface area contributed by atoms with E-state index in [-0.39, 0.29) is 11.8 Å². The van der Waals surface area contributed by atoms with Crippen molar-refractivity contribution in [3.8, 4) is 11.5 Å². The Kier molecular flexibility index (Phi) is 3.40. The lowest BCUT2D eigenvalue weighted by molar-refractivity contribution is 0.0385. The molecule has 1 fully saturated rings. The molecule has 5 nitrogen and oxygen atoms in total. The molecule has 0 bridgehead atoms. The van der Waals surface area contributed by atoms with Gasteiger partial charge in [-0.2, -0.15) is 4.98 Å². The van der Waals surface area contributed by atoms with Crippen LogP contribution in [-0.4, -0.2) is 16.7 Å². The number of hydrogen-bond acceptors (Lipinski definition) is 5. The van der Waals surface area contributed by atoms with Gasteiger partial charge in [0.15, 0.2) is 0 Å². The van der Waals surface area contributed by atoms with E-state index in [1.807, 2.05) is 6.92 Å². The van der Waals surface area contributed by atoms with Gasteiger partial charge in [-0.25, -0.2) is 4.39 Å². The molecule has 1 aliphatic carbocycles. The number of ether oxygens (including phenoxy) is 1. The van der Waals surface area contributed by atoms with Crippen LogP contribution in [0.5, 0.6) is 0 Å². The molecule has 0 saturated heterocycles. The fourth-order valence-electron chi connectivity index (χ4n) is 2.19. The first-order valence-electron chi connectivity index (χ1n) is 6.69. The van der Waals surface area contributed by atoms with Gasteiger partial charge in [0.05, 0.1) is 5.56 Å². The predicted molar refractivity (Wildman–Crippen MR) is 71.2 cm³/mol.